The maximum absolute atomic E-state index is 9.07. The van der Waals surface area contributed by atoms with Crippen LogP contribution in [-0.4, -0.2) is 15.3 Å². The first-order chi connectivity index (χ1) is 8.26. The zero-order valence-electron chi connectivity index (χ0n) is 9.84. The van der Waals surface area contributed by atoms with Gasteiger partial charge in [-0.25, -0.2) is 4.98 Å². The fourth-order valence-corrected chi connectivity index (χ4v) is 2.31. The average molecular weight is 243 g/mol. The van der Waals surface area contributed by atoms with E-state index in [9.17, 15) is 0 Å². The lowest BCUT2D eigenvalue weighted by molar-refractivity contribution is 0.897. The number of rotatable bonds is 3. The van der Waals surface area contributed by atoms with Crippen LogP contribution in [0, 0.1) is 11.3 Å². The zero-order valence-corrected chi connectivity index (χ0v) is 10.7. The molecule has 0 fully saturated rings. The molecule has 0 saturated carbocycles. The van der Waals surface area contributed by atoms with E-state index in [1.807, 2.05) is 19.2 Å². The molecule has 4 heteroatoms. The number of aryl methyl sites for hydroxylation is 1. The van der Waals surface area contributed by atoms with Gasteiger partial charge in [-0.2, -0.15) is 5.26 Å². The predicted molar refractivity (Wildman–Crippen MR) is 69.8 cm³/mol. The molecule has 0 radical (unpaired) electrons. The molecule has 0 bridgehead atoms. The minimum absolute atomic E-state index is 0.598. The molecule has 2 rings (SSSR count). The summed E-state index contributed by atoms with van der Waals surface area (Å²) in [7, 11) is 1.83. The Kier molecular flexibility index (Phi) is 3.50. The molecule has 0 N–H and O–H groups in total. The molecule has 0 aliphatic carbocycles. The molecule has 1 aromatic heterocycles. The smallest absolute Gasteiger partial charge is 0.147 e. The van der Waals surface area contributed by atoms with Crippen molar-refractivity contribution >= 4 is 11.8 Å². The van der Waals surface area contributed by atoms with Crippen molar-refractivity contribution in [1.82, 2.24) is 9.55 Å². The van der Waals surface area contributed by atoms with Crippen molar-refractivity contribution in [3.8, 4) is 17.3 Å². The molecule has 86 valence electrons. The summed E-state index contributed by atoms with van der Waals surface area (Å²) in [4.78, 5) is 5.51. The van der Waals surface area contributed by atoms with E-state index in [4.69, 9.17) is 5.26 Å². The van der Waals surface area contributed by atoms with Crippen molar-refractivity contribution in [2.45, 2.75) is 11.8 Å². The summed E-state index contributed by atoms with van der Waals surface area (Å²) in [5, 5.41) is 9.07. The highest BCUT2D eigenvalue weighted by Crippen LogP contribution is 2.25. The summed E-state index contributed by atoms with van der Waals surface area (Å²) in [5.41, 5.74) is 2.34. The van der Waals surface area contributed by atoms with E-state index in [-0.39, 0.29) is 0 Å². The van der Waals surface area contributed by atoms with Crippen LogP contribution in [0.25, 0.3) is 11.3 Å². The Balaban J connectivity index is 2.37. The number of hydrogen-bond acceptors (Lipinski definition) is 3. The topological polar surface area (TPSA) is 41.6 Å². The molecule has 0 aliphatic rings. The van der Waals surface area contributed by atoms with Crippen LogP contribution in [0.5, 0.6) is 0 Å². The Bertz CT molecular complexity index is 549. The van der Waals surface area contributed by atoms with E-state index in [2.05, 4.69) is 30.1 Å². The minimum atomic E-state index is 0.598. The molecule has 0 atom stereocenters. The van der Waals surface area contributed by atoms with Gasteiger partial charge in [0.25, 0.3) is 0 Å². The standard InChI is InChI=1S/C13H13N3S/c1-3-17-11-6-4-10(5-7-11)13-12(8-14)16(2)9-15-13/h4-7,9H,3H2,1-2H3. The second-order valence-electron chi connectivity index (χ2n) is 3.62. The van der Waals surface area contributed by atoms with Gasteiger partial charge in [-0.15, -0.1) is 11.8 Å². The average Bonchev–Trinajstić information content (AvgIpc) is 2.72. The van der Waals surface area contributed by atoms with Gasteiger partial charge in [0.1, 0.15) is 17.5 Å². The first-order valence-electron chi connectivity index (χ1n) is 5.41. The first kappa shape index (κ1) is 11.7. The van der Waals surface area contributed by atoms with Crippen LogP contribution < -0.4 is 0 Å². The largest absolute Gasteiger partial charge is 0.325 e. The van der Waals surface area contributed by atoms with E-state index >= 15 is 0 Å². The lowest BCUT2D eigenvalue weighted by Crippen LogP contribution is -1.90. The van der Waals surface area contributed by atoms with Gasteiger partial charge in [-0.05, 0) is 17.9 Å². The third kappa shape index (κ3) is 2.34. The Morgan fingerprint density at radius 2 is 2.06 bits per heavy atom. The Hall–Kier alpha value is -1.73. The number of hydrogen-bond donors (Lipinski definition) is 0. The molecular weight excluding hydrogens is 230 g/mol. The number of imidazole rings is 1. The number of benzene rings is 1. The van der Waals surface area contributed by atoms with Crippen molar-refractivity contribution in [2.75, 3.05) is 5.75 Å². The molecule has 17 heavy (non-hydrogen) atoms. The predicted octanol–water partition coefficient (Wildman–Crippen LogP) is 3.07. The summed E-state index contributed by atoms with van der Waals surface area (Å²) in [5.74, 6) is 1.06. The summed E-state index contributed by atoms with van der Waals surface area (Å²) < 4.78 is 1.74. The van der Waals surface area contributed by atoms with Gasteiger partial charge in [0.05, 0.1) is 6.33 Å². The van der Waals surface area contributed by atoms with Gasteiger partial charge >= 0.3 is 0 Å². The summed E-state index contributed by atoms with van der Waals surface area (Å²) in [6.07, 6.45) is 1.67. The van der Waals surface area contributed by atoms with E-state index in [0.29, 0.717) is 5.69 Å². The lowest BCUT2D eigenvalue weighted by Gasteiger charge is -2.01. The van der Waals surface area contributed by atoms with Crippen LogP contribution in [0.15, 0.2) is 35.5 Å². The molecule has 0 unspecified atom stereocenters. The highest BCUT2D eigenvalue weighted by atomic mass is 32.2. The highest BCUT2D eigenvalue weighted by molar-refractivity contribution is 7.99. The van der Waals surface area contributed by atoms with Gasteiger partial charge in [0.15, 0.2) is 0 Å². The summed E-state index contributed by atoms with van der Waals surface area (Å²) in [6, 6.07) is 10.3. The van der Waals surface area contributed by atoms with Gasteiger partial charge in [0.2, 0.25) is 0 Å². The van der Waals surface area contributed by atoms with Crippen LogP contribution in [0.2, 0.25) is 0 Å². The Morgan fingerprint density at radius 1 is 1.35 bits per heavy atom. The molecule has 0 saturated heterocycles. The van der Waals surface area contributed by atoms with Crippen molar-refractivity contribution in [2.24, 2.45) is 7.05 Å². The van der Waals surface area contributed by atoms with Crippen LogP contribution >= 0.6 is 11.8 Å². The third-order valence-electron chi connectivity index (χ3n) is 2.48. The molecule has 3 nitrogen and oxygen atoms in total. The molecule has 1 aromatic carbocycles. The van der Waals surface area contributed by atoms with Crippen LogP contribution in [0.1, 0.15) is 12.6 Å². The molecule has 0 amide bonds. The molecule has 0 spiro atoms. The number of nitriles is 1. The quantitative estimate of drug-likeness (QED) is 0.778. The van der Waals surface area contributed by atoms with E-state index in [0.717, 1.165) is 17.0 Å². The lowest BCUT2D eigenvalue weighted by atomic mass is 10.1. The fraction of sp³-hybridized carbons (Fsp3) is 0.231. The number of thioether (sulfide) groups is 1. The zero-order chi connectivity index (χ0) is 12.3. The molecule has 1 heterocycles. The Labute approximate surface area is 105 Å². The maximum Gasteiger partial charge on any atom is 0.147 e. The second-order valence-corrected chi connectivity index (χ2v) is 4.96. The number of nitrogens with zero attached hydrogens (tertiary/aromatic N) is 3. The monoisotopic (exact) mass is 243 g/mol. The van der Waals surface area contributed by atoms with Gasteiger partial charge < -0.3 is 4.57 Å². The van der Waals surface area contributed by atoms with E-state index in [1.54, 1.807) is 22.7 Å². The first-order valence-corrected chi connectivity index (χ1v) is 6.39. The fourth-order valence-electron chi connectivity index (χ4n) is 1.65. The maximum atomic E-state index is 9.07. The SMILES string of the molecule is CCSc1ccc(-c2ncn(C)c2C#N)cc1. The Morgan fingerprint density at radius 3 is 2.65 bits per heavy atom. The van der Waals surface area contributed by atoms with Crippen LogP contribution in [-0.2, 0) is 7.05 Å². The van der Waals surface area contributed by atoms with E-state index in [1.165, 1.54) is 4.90 Å². The van der Waals surface area contributed by atoms with Crippen molar-refractivity contribution in [3.05, 3.63) is 36.3 Å². The normalized spacial score (nSPS) is 10.2. The van der Waals surface area contributed by atoms with E-state index < -0.39 is 0 Å². The van der Waals surface area contributed by atoms with Crippen molar-refractivity contribution < 1.29 is 0 Å². The highest BCUT2D eigenvalue weighted by Gasteiger charge is 2.10. The molecular formula is C13H13N3S. The van der Waals surface area contributed by atoms with Gasteiger partial charge in [0, 0.05) is 17.5 Å². The third-order valence-corrected chi connectivity index (χ3v) is 3.38. The van der Waals surface area contributed by atoms with Crippen LogP contribution in [0.4, 0.5) is 0 Å². The van der Waals surface area contributed by atoms with Crippen molar-refractivity contribution in [3.63, 3.8) is 0 Å². The molecule has 2 aromatic rings. The number of aromatic nitrogens is 2. The second kappa shape index (κ2) is 5.07. The molecule has 0 aliphatic heterocycles. The summed E-state index contributed by atoms with van der Waals surface area (Å²) >= 11 is 1.80. The minimum Gasteiger partial charge on any atom is -0.325 e. The summed E-state index contributed by atoms with van der Waals surface area (Å²) in [6.45, 7) is 2.13. The van der Waals surface area contributed by atoms with Crippen molar-refractivity contribution in [1.29, 1.82) is 5.26 Å². The van der Waals surface area contributed by atoms with Crippen LogP contribution in [0.3, 0.4) is 0 Å². The van der Waals surface area contributed by atoms with Gasteiger partial charge in [-0.3, -0.25) is 0 Å². The van der Waals surface area contributed by atoms with Gasteiger partial charge in [-0.1, -0.05) is 19.1 Å².